The lowest BCUT2D eigenvalue weighted by Gasteiger charge is -2.43. The Morgan fingerprint density at radius 1 is 0.250 bits per heavy atom. The van der Waals surface area contributed by atoms with Crippen LogP contribution in [-0.2, 0) is 81.1 Å². The maximum Gasteiger partial charge on any atom is 0.0613 e. The number of methoxy groups -OCH3 is 8. The second kappa shape index (κ2) is 22.9. The van der Waals surface area contributed by atoms with E-state index in [1.807, 2.05) is 0 Å². The molecule has 10 heterocycles. The van der Waals surface area contributed by atoms with Gasteiger partial charge in [-0.15, -0.1) is 0 Å². The zero-order chi connectivity index (χ0) is 40.5. The molecule has 0 aromatic carbocycles. The van der Waals surface area contributed by atoms with Gasteiger partial charge < -0.3 is 37.9 Å². The van der Waals surface area contributed by atoms with E-state index in [0.29, 0.717) is 97.4 Å². The fourth-order valence-electron chi connectivity index (χ4n) is 11.0. The third-order valence-corrected chi connectivity index (χ3v) is 20.5. The van der Waals surface area contributed by atoms with E-state index < -0.39 is 43.2 Å². The van der Waals surface area contributed by atoms with Crippen molar-refractivity contribution < 1.29 is 54.7 Å². The summed E-state index contributed by atoms with van der Waals surface area (Å²) in [4.78, 5) is 0. The molecule has 16 heteroatoms. The Bertz CT molecular complexity index is 1030. The molecular weight excluding hydrogens is 801 g/mol. The SMILES string of the molecule is COC1C[C@@H]2CS(=O)C[C@H]3CC(OC)[C@H](CC3OC)CS(=O)C[C@H]3CC(OC)[C@H](C[C@H]3OC)CS(=O)C[C@H]3CC(OC)[C@H](CC3OC)CS(=O)C[C@H]1CC2OC. The highest BCUT2D eigenvalue weighted by atomic mass is 32.2. The van der Waals surface area contributed by atoms with E-state index >= 15 is 0 Å². The summed E-state index contributed by atoms with van der Waals surface area (Å²) in [5.74, 6) is 4.37. The van der Waals surface area contributed by atoms with Crippen molar-refractivity contribution in [3.8, 4) is 0 Å². The molecule has 8 bridgehead atoms. The summed E-state index contributed by atoms with van der Waals surface area (Å²) in [6.07, 6.45) is 4.70. The van der Waals surface area contributed by atoms with Gasteiger partial charge in [0.2, 0.25) is 0 Å². The fraction of sp³-hybridized carbons (Fsp3) is 1.00. The van der Waals surface area contributed by atoms with Crippen LogP contribution in [0.15, 0.2) is 0 Å². The van der Waals surface area contributed by atoms with Crippen LogP contribution in [0, 0.1) is 47.3 Å². The molecule has 14 aliphatic rings. The topological polar surface area (TPSA) is 142 Å². The van der Waals surface area contributed by atoms with Gasteiger partial charge in [0.1, 0.15) is 0 Å². The predicted octanol–water partition coefficient (Wildman–Crippen LogP) is 3.22. The average molecular weight is 873 g/mol. The Kier molecular flexibility index (Phi) is 19.4. The summed E-state index contributed by atoms with van der Waals surface area (Å²) >= 11 is 0. The third kappa shape index (κ3) is 12.2. The summed E-state index contributed by atoms with van der Waals surface area (Å²) in [7, 11) is 9.21. The maximum atomic E-state index is 13.9. The molecule has 4 aliphatic carbocycles. The molecule has 14 rings (SSSR count). The van der Waals surface area contributed by atoms with Gasteiger partial charge in [-0.05, 0) is 98.7 Å². The predicted molar refractivity (Wildman–Crippen MR) is 223 cm³/mol. The van der Waals surface area contributed by atoms with E-state index in [4.69, 9.17) is 37.9 Å². The zero-order valence-electron chi connectivity index (χ0n) is 35.1. The number of ether oxygens (including phenoxy) is 8. The van der Waals surface area contributed by atoms with Gasteiger partial charge >= 0.3 is 0 Å². The Morgan fingerprint density at radius 2 is 0.357 bits per heavy atom. The van der Waals surface area contributed by atoms with Crippen LogP contribution in [0.1, 0.15) is 51.4 Å². The van der Waals surface area contributed by atoms with Gasteiger partial charge in [0.05, 0.1) is 48.8 Å². The van der Waals surface area contributed by atoms with E-state index in [1.54, 1.807) is 56.9 Å². The lowest BCUT2D eigenvalue weighted by Crippen LogP contribution is -2.48. The van der Waals surface area contributed by atoms with Crippen LogP contribution >= 0.6 is 0 Å². The van der Waals surface area contributed by atoms with E-state index in [0.717, 1.165) is 0 Å². The second-order valence-electron chi connectivity index (χ2n) is 17.3. The summed E-state index contributed by atoms with van der Waals surface area (Å²) in [6, 6.07) is 0. The molecule has 14 fully saturated rings. The van der Waals surface area contributed by atoms with Gasteiger partial charge in [-0.2, -0.15) is 0 Å². The van der Waals surface area contributed by atoms with Gasteiger partial charge in [-0.1, -0.05) is 0 Å². The van der Waals surface area contributed by atoms with Crippen LogP contribution in [0.5, 0.6) is 0 Å². The first-order valence-corrected chi connectivity index (χ1v) is 26.5. The highest BCUT2D eigenvalue weighted by Gasteiger charge is 2.45. The maximum absolute atomic E-state index is 13.9. The van der Waals surface area contributed by atoms with Gasteiger partial charge in [0.25, 0.3) is 0 Å². The molecule has 0 aromatic heterocycles. The molecule has 4 saturated carbocycles. The first-order chi connectivity index (χ1) is 27.0. The zero-order valence-corrected chi connectivity index (χ0v) is 38.3. The largest absolute Gasteiger partial charge is 0.381 e. The summed E-state index contributed by atoms with van der Waals surface area (Å²) < 4.78 is 104. The van der Waals surface area contributed by atoms with Crippen LogP contribution in [0.25, 0.3) is 0 Å². The van der Waals surface area contributed by atoms with E-state index in [9.17, 15) is 16.8 Å². The quantitative estimate of drug-likeness (QED) is 0.354. The van der Waals surface area contributed by atoms with Crippen molar-refractivity contribution in [2.24, 2.45) is 47.3 Å². The average Bonchev–Trinajstić information content (AvgIpc) is 3.18. The minimum atomic E-state index is -1.13. The third-order valence-electron chi connectivity index (χ3n) is 14.1. The molecule has 328 valence electrons. The van der Waals surface area contributed by atoms with Crippen molar-refractivity contribution in [1.29, 1.82) is 0 Å². The molecule has 56 heavy (non-hydrogen) atoms. The van der Waals surface area contributed by atoms with Gasteiger partial charge in [-0.25, -0.2) is 0 Å². The van der Waals surface area contributed by atoms with Crippen molar-refractivity contribution in [2.75, 3.05) is 103 Å². The highest BCUT2D eigenvalue weighted by Crippen LogP contribution is 2.40. The number of rotatable bonds is 8. The molecule has 12 nitrogen and oxygen atoms in total. The Labute approximate surface area is 346 Å². The standard InChI is InChI=1S/C40H72O12S4/c1-45-33-9-26-18-54(42)20-28-12-38(50-6)30(14-37(28)49-5)22-56(44)24-32-16-39(51-7)31(15-40(32)52-8)23-55(43)21-29-13-35(47-3)27(11-36(29)48-4)19-53(41)17-25(33)10-34(26)46-2/h25-40H,9-24H2,1-8H3/t25-,26-,27-,28-,29-,30-,31-,32-,33-,34?,35?,36?,37?,38?,39?,40?,53?,54?,55?,56?/m1/s1. The monoisotopic (exact) mass is 872 g/mol. The first kappa shape index (κ1) is 47.3. The van der Waals surface area contributed by atoms with Crippen molar-refractivity contribution in [3.63, 3.8) is 0 Å². The van der Waals surface area contributed by atoms with Gasteiger partial charge in [-0.3, -0.25) is 16.8 Å². The lowest BCUT2D eigenvalue weighted by molar-refractivity contribution is -0.0586. The summed E-state index contributed by atoms with van der Waals surface area (Å²) in [5.41, 5.74) is 0. The minimum Gasteiger partial charge on any atom is -0.381 e. The summed E-state index contributed by atoms with van der Waals surface area (Å²) in [6.45, 7) is 0. The molecule has 11 unspecified atom stereocenters. The van der Waals surface area contributed by atoms with Crippen LogP contribution in [0.4, 0.5) is 0 Å². The molecular formula is C40H72O12S4. The molecule has 0 aromatic rings. The fourth-order valence-corrected chi connectivity index (χ4v) is 18.2. The molecule has 0 amide bonds. The van der Waals surface area contributed by atoms with E-state index in [1.165, 1.54) is 0 Å². The van der Waals surface area contributed by atoms with Crippen LogP contribution < -0.4 is 0 Å². The molecule has 0 N–H and O–H groups in total. The van der Waals surface area contributed by atoms with Crippen molar-refractivity contribution in [1.82, 2.24) is 0 Å². The van der Waals surface area contributed by atoms with Crippen LogP contribution in [-0.4, -0.2) is 169 Å². The van der Waals surface area contributed by atoms with Crippen molar-refractivity contribution in [3.05, 3.63) is 0 Å². The smallest absolute Gasteiger partial charge is 0.0613 e. The van der Waals surface area contributed by atoms with Gasteiger partial charge in [0, 0.05) is 146 Å². The Morgan fingerprint density at radius 3 is 0.446 bits per heavy atom. The van der Waals surface area contributed by atoms with Crippen molar-refractivity contribution >= 4 is 43.2 Å². The summed E-state index contributed by atoms with van der Waals surface area (Å²) in [5, 5.41) is 0. The Balaban J connectivity index is 1.38. The minimum absolute atomic E-state index is 0.0464. The molecule has 0 radical (unpaired) electrons. The first-order valence-electron chi connectivity index (χ1n) is 20.6. The second-order valence-corrected chi connectivity index (χ2v) is 23.4. The van der Waals surface area contributed by atoms with Crippen LogP contribution in [0.2, 0.25) is 0 Å². The van der Waals surface area contributed by atoms with E-state index in [-0.39, 0.29) is 96.2 Å². The molecule has 20 atom stereocenters. The van der Waals surface area contributed by atoms with Gasteiger partial charge in [0.15, 0.2) is 0 Å². The Hall–Kier alpha value is 0.280. The number of hydrogen-bond acceptors (Lipinski definition) is 12. The highest BCUT2D eigenvalue weighted by molar-refractivity contribution is 7.85. The molecule has 10 aliphatic heterocycles. The lowest BCUT2D eigenvalue weighted by atomic mass is 9.79. The molecule has 0 spiro atoms. The van der Waals surface area contributed by atoms with Crippen molar-refractivity contribution in [2.45, 2.75) is 100 Å². The van der Waals surface area contributed by atoms with Crippen LogP contribution in [0.3, 0.4) is 0 Å². The molecule has 10 saturated heterocycles. The van der Waals surface area contributed by atoms with E-state index in [2.05, 4.69) is 0 Å². The normalized spacial score (nSPS) is 47.7. The number of hydrogen-bond donors (Lipinski definition) is 0.